The summed E-state index contributed by atoms with van der Waals surface area (Å²) in [7, 11) is 0. The molecule has 0 aromatic carbocycles. The van der Waals surface area contributed by atoms with Crippen LogP contribution in [0.4, 0.5) is 0 Å². The smallest absolute Gasteiger partial charge is 0.0232 e. The van der Waals surface area contributed by atoms with E-state index < -0.39 is 0 Å². The first kappa shape index (κ1) is 10.4. The van der Waals surface area contributed by atoms with E-state index in [2.05, 4.69) is 34.4 Å². The average molecular weight is 295 g/mol. The first-order chi connectivity index (χ1) is 5.84. The van der Waals surface area contributed by atoms with Gasteiger partial charge in [0.25, 0.3) is 0 Å². The molecule has 0 bridgehead atoms. The molecule has 1 aliphatic rings. The maximum absolute atomic E-state index is 5.54. The molecule has 0 heterocycles. The Morgan fingerprint density at radius 1 is 1.42 bits per heavy atom. The van der Waals surface area contributed by atoms with Crippen molar-refractivity contribution in [2.45, 2.75) is 32.1 Å². The Hall–Kier alpha value is 0.320. The molecule has 0 fully saturated rings. The van der Waals surface area contributed by atoms with Crippen LogP contribution in [-0.2, 0) is 0 Å². The number of unbranched alkanes of at least 4 members (excludes halogenated alkanes) is 1. The summed E-state index contributed by atoms with van der Waals surface area (Å²) in [6, 6.07) is 0. The molecule has 0 saturated carbocycles. The molecule has 0 radical (unpaired) electrons. The molecule has 12 heavy (non-hydrogen) atoms. The van der Waals surface area contributed by atoms with Gasteiger partial charge in [0.2, 0.25) is 0 Å². The van der Waals surface area contributed by atoms with Gasteiger partial charge < -0.3 is 0 Å². The molecule has 2 heteroatoms. The Bertz CT molecular complexity index is 232. The third-order valence-corrected chi connectivity index (χ3v) is 3.28. The molecule has 1 aliphatic carbocycles. The average Bonchev–Trinajstić information content (AvgIpc) is 2.46. The van der Waals surface area contributed by atoms with E-state index in [0.29, 0.717) is 0 Å². The van der Waals surface area contributed by atoms with E-state index >= 15 is 0 Å². The van der Waals surface area contributed by atoms with Crippen LogP contribution in [0.1, 0.15) is 32.1 Å². The largest absolute Gasteiger partial charge is 0.127 e. The molecule has 0 nitrogen and oxygen atoms in total. The van der Waals surface area contributed by atoms with Gasteiger partial charge in [-0.25, -0.2) is 0 Å². The van der Waals surface area contributed by atoms with Crippen molar-refractivity contribution in [3.63, 3.8) is 0 Å². The second-order valence-corrected chi connectivity index (χ2v) is 4.51. The third-order valence-electron chi connectivity index (χ3n) is 1.83. The Morgan fingerprint density at radius 3 is 2.83 bits per heavy atom. The van der Waals surface area contributed by atoms with Crippen molar-refractivity contribution in [1.29, 1.82) is 0 Å². The molecule has 0 aromatic rings. The summed E-state index contributed by atoms with van der Waals surface area (Å²) in [4.78, 5) is 0. The van der Waals surface area contributed by atoms with Crippen LogP contribution in [0.2, 0.25) is 0 Å². The van der Waals surface area contributed by atoms with E-state index in [-0.39, 0.29) is 0 Å². The minimum absolute atomic E-state index is 0.727. The molecule has 0 amide bonds. The Labute approximate surface area is 92.9 Å². The Kier molecular flexibility index (Phi) is 5.10. The number of allylic oxidation sites excluding steroid dienone is 2. The van der Waals surface area contributed by atoms with E-state index in [1.165, 1.54) is 28.4 Å². The first-order valence-electron chi connectivity index (χ1n) is 4.27. The number of alkyl halides is 1. The fraction of sp³-hybridized carbons (Fsp3) is 0.600. The monoisotopic (exact) mass is 294 g/mol. The minimum atomic E-state index is 0.727. The fourth-order valence-corrected chi connectivity index (χ4v) is 2.08. The zero-order valence-corrected chi connectivity index (χ0v) is 9.91. The van der Waals surface area contributed by atoms with Gasteiger partial charge in [-0.15, -0.1) is 11.6 Å². The van der Waals surface area contributed by atoms with Crippen LogP contribution in [0.5, 0.6) is 0 Å². The maximum atomic E-state index is 5.54. The highest BCUT2D eigenvalue weighted by Gasteiger charge is 2.08. The van der Waals surface area contributed by atoms with Gasteiger partial charge in [-0.2, -0.15) is 0 Å². The van der Waals surface area contributed by atoms with Crippen LogP contribution in [0, 0.1) is 11.8 Å². The van der Waals surface area contributed by atoms with E-state index in [9.17, 15) is 0 Å². The Morgan fingerprint density at radius 2 is 2.25 bits per heavy atom. The van der Waals surface area contributed by atoms with Crippen molar-refractivity contribution in [2.24, 2.45) is 0 Å². The molecular formula is C10H12ClI. The molecule has 0 aliphatic heterocycles. The Balaban J connectivity index is 2.37. The molecule has 0 unspecified atom stereocenters. The van der Waals surface area contributed by atoms with Crippen molar-refractivity contribution >= 4 is 34.2 Å². The third kappa shape index (κ3) is 3.37. The lowest BCUT2D eigenvalue weighted by molar-refractivity contribution is 0.917. The molecular weight excluding hydrogens is 282 g/mol. The number of rotatable bonds is 2. The summed E-state index contributed by atoms with van der Waals surface area (Å²) in [5.41, 5.74) is 1.37. The second kappa shape index (κ2) is 5.88. The van der Waals surface area contributed by atoms with Gasteiger partial charge in [0.1, 0.15) is 0 Å². The second-order valence-electron chi connectivity index (χ2n) is 2.83. The number of hydrogen-bond donors (Lipinski definition) is 0. The van der Waals surface area contributed by atoms with Crippen LogP contribution < -0.4 is 0 Å². The lowest BCUT2D eigenvalue weighted by atomic mass is 10.2. The predicted molar refractivity (Wildman–Crippen MR) is 62.6 cm³/mol. The van der Waals surface area contributed by atoms with Crippen molar-refractivity contribution in [1.82, 2.24) is 0 Å². The molecule has 0 N–H and O–H groups in total. The molecule has 0 atom stereocenters. The summed E-state index contributed by atoms with van der Waals surface area (Å²) in [6.07, 6.45) is 5.67. The predicted octanol–water partition coefficient (Wildman–Crippen LogP) is 3.88. The van der Waals surface area contributed by atoms with Gasteiger partial charge in [-0.1, -0.05) is 11.8 Å². The van der Waals surface area contributed by atoms with E-state index in [1.54, 1.807) is 0 Å². The summed E-state index contributed by atoms with van der Waals surface area (Å²) in [6.45, 7) is 0. The highest BCUT2D eigenvalue weighted by molar-refractivity contribution is 14.1. The molecule has 1 rings (SSSR count). The van der Waals surface area contributed by atoms with Crippen LogP contribution in [0.25, 0.3) is 0 Å². The van der Waals surface area contributed by atoms with Crippen molar-refractivity contribution in [3.8, 4) is 11.8 Å². The van der Waals surface area contributed by atoms with Crippen molar-refractivity contribution in [2.75, 3.05) is 5.88 Å². The van der Waals surface area contributed by atoms with Gasteiger partial charge in [-0.05, 0) is 48.3 Å². The van der Waals surface area contributed by atoms with Gasteiger partial charge in [0.05, 0.1) is 0 Å². The molecule has 0 spiro atoms. The van der Waals surface area contributed by atoms with Gasteiger partial charge >= 0.3 is 0 Å². The standard InChI is InChI=1S/C10H12ClI/c11-8-3-1-2-5-9-6-4-7-10(9)12/h1,3-4,6-8H2. The van der Waals surface area contributed by atoms with Gasteiger partial charge in [-0.3, -0.25) is 0 Å². The lowest BCUT2D eigenvalue weighted by Gasteiger charge is -1.88. The van der Waals surface area contributed by atoms with Crippen LogP contribution in [0.15, 0.2) is 9.15 Å². The lowest BCUT2D eigenvalue weighted by Crippen LogP contribution is -1.74. The number of hydrogen-bond acceptors (Lipinski definition) is 0. The summed E-state index contributed by atoms with van der Waals surface area (Å²) in [5, 5.41) is 0. The first-order valence-corrected chi connectivity index (χ1v) is 5.88. The zero-order chi connectivity index (χ0) is 8.81. The highest BCUT2D eigenvalue weighted by Crippen LogP contribution is 2.29. The van der Waals surface area contributed by atoms with Crippen LogP contribution in [-0.4, -0.2) is 5.88 Å². The molecule has 0 aromatic heterocycles. The van der Waals surface area contributed by atoms with Gasteiger partial charge in [0, 0.05) is 21.5 Å². The van der Waals surface area contributed by atoms with Crippen LogP contribution in [0.3, 0.4) is 0 Å². The van der Waals surface area contributed by atoms with Crippen molar-refractivity contribution in [3.05, 3.63) is 9.15 Å². The quantitative estimate of drug-likeness (QED) is 0.314. The van der Waals surface area contributed by atoms with E-state index in [0.717, 1.165) is 18.7 Å². The fourth-order valence-electron chi connectivity index (χ4n) is 1.16. The van der Waals surface area contributed by atoms with Crippen LogP contribution >= 0.6 is 34.2 Å². The SMILES string of the molecule is ClCCCC#CC1=C(I)CCC1. The zero-order valence-electron chi connectivity index (χ0n) is 7.00. The van der Waals surface area contributed by atoms with Gasteiger partial charge in [0.15, 0.2) is 0 Å². The normalized spacial score (nSPS) is 16.2. The minimum Gasteiger partial charge on any atom is -0.127 e. The van der Waals surface area contributed by atoms with E-state index in [4.69, 9.17) is 11.6 Å². The highest BCUT2D eigenvalue weighted by atomic mass is 127. The number of halogens is 2. The van der Waals surface area contributed by atoms with E-state index in [1.807, 2.05) is 0 Å². The topological polar surface area (TPSA) is 0 Å². The summed E-state index contributed by atoms with van der Waals surface area (Å²) < 4.78 is 1.46. The van der Waals surface area contributed by atoms with Crippen molar-refractivity contribution < 1.29 is 0 Å². The summed E-state index contributed by atoms with van der Waals surface area (Å²) in [5.74, 6) is 7.12. The summed E-state index contributed by atoms with van der Waals surface area (Å²) >= 11 is 7.95. The molecule has 0 saturated heterocycles. The maximum Gasteiger partial charge on any atom is 0.0232 e. The molecule has 66 valence electrons.